The summed E-state index contributed by atoms with van der Waals surface area (Å²) in [4.78, 5) is 142. The number of hydrogen-bond acceptors (Lipinski definition) is 21. The van der Waals surface area contributed by atoms with Crippen molar-refractivity contribution in [2.45, 2.75) is 179 Å². The molecule has 41 heteroatoms. The second kappa shape index (κ2) is 40.7. The van der Waals surface area contributed by atoms with Gasteiger partial charge in [-0.05, 0) is 223 Å². The lowest BCUT2D eigenvalue weighted by Gasteiger charge is -2.39. The Balaban J connectivity index is 0.000000108. The number of rotatable bonds is 17. The number of fused-ring (bicyclic) bond motifs is 9. The molecule has 3 aliphatic heterocycles. The number of aliphatic carboxylic acids is 1. The average Bonchev–Trinajstić information content (AvgIpc) is 1.62. The zero-order chi connectivity index (χ0) is 102. The molecule has 7 aliphatic carbocycles. The summed E-state index contributed by atoms with van der Waals surface area (Å²) in [6.45, 7) is 3.43. The predicted octanol–water partition coefficient (Wildman–Crippen LogP) is 19.5. The first-order valence-electron chi connectivity index (χ1n) is 49.9. The van der Waals surface area contributed by atoms with Gasteiger partial charge in [0.2, 0.25) is 17.7 Å². The molecule has 25 rings (SSSR count). The van der Waals surface area contributed by atoms with Crippen LogP contribution < -0.4 is 10.6 Å². The number of amides is 4. The van der Waals surface area contributed by atoms with Crippen molar-refractivity contribution in [3.63, 3.8) is 0 Å². The summed E-state index contributed by atoms with van der Waals surface area (Å²) in [6, 6.07) is 7.65. The number of carboxylic acid groups (broad SMARTS) is 1. The van der Waals surface area contributed by atoms with Crippen molar-refractivity contribution in [2.75, 3.05) is 34.2 Å². The number of pyridine rings is 5. The number of aromatic nitrogens is 20. The van der Waals surface area contributed by atoms with E-state index in [2.05, 4.69) is 110 Å². The van der Waals surface area contributed by atoms with Crippen molar-refractivity contribution in [1.29, 1.82) is 0 Å². The van der Waals surface area contributed by atoms with E-state index in [9.17, 15) is 64.2 Å². The molecule has 15 aromatic rings. The first-order valence-corrected chi connectivity index (χ1v) is 50.7. The lowest BCUT2D eigenvalue weighted by atomic mass is 9.68. The van der Waals surface area contributed by atoms with E-state index >= 15 is 0 Å². The summed E-state index contributed by atoms with van der Waals surface area (Å²) in [5.74, 6) is 0.261. The van der Waals surface area contributed by atoms with Crippen LogP contribution in [0.5, 0.6) is 0 Å². The van der Waals surface area contributed by atoms with E-state index in [0.29, 0.717) is 216 Å². The molecule has 3 spiro atoms. The molecule has 4 bridgehead atoms. The molecule has 3 saturated heterocycles. The Bertz CT molecular complexity index is 7440. The topological polar surface area (TPSA) is 418 Å². The number of H-pyrrole nitrogens is 5. The number of carboxylic acids is 1. The van der Waals surface area contributed by atoms with Gasteiger partial charge >= 0.3 is 12.1 Å². The highest BCUT2D eigenvalue weighted by atomic mass is 35.5. The highest BCUT2D eigenvalue weighted by Crippen LogP contribution is 2.56. The van der Waals surface area contributed by atoms with Crippen molar-refractivity contribution >= 4 is 108 Å². The Morgan fingerprint density at radius 3 is 1.08 bits per heavy atom. The quantitative estimate of drug-likeness (QED) is 0.0392. The van der Waals surface area contributed by atoms with E-state index < -0.39 is 58.1 Å². The molecule has 0 radical (unpaired) electrons. The zero-order valence-corrected chi connectivity index (χ0v) is 82.4. The van der Waals surface area contributed by atoms with Crippen LogP contribution in [0.1, 0.15) is 164 Å². The van der Waals surface area contributed by atoms with Crippen LogP contribution in [0.3, 0.4) is 0 Å². The number of ether oxygens (including phenoxy) is 1. The van der Waals surface area contributed by atoms with Gasteiger partial charge in [-0.25, -0.2) is 115 Å². The summed E-state index contributed by atoms with van der Waals surface area (Å²) in [5, 5.41) is 19.6. The van der Waals surface area contributed by atoms with Crippen LogP contribution in [-0.4, -0.2) is 190 Å². The monoisotopic (exact) mass is 2050 g/mol. The molecule has 762 valence electrons. The molecule has 0 aromatic carbocycles. The van der Waals surface area contributed by atoms with Crippen molar-refractivity contribution in [1.82, 2.24) is 120 Å². The van der Waals surface area contributed by atoms with E-state index in [4.69, 9.17) is 27.9 Å². The van der Waals surface area contributed by atoms with Gasteiger partial charge in [0.05, 0.1) is 100 Å². The predicted molar refractivity (Wildman–Crippen MR) is 528 cm³/mol. The van der Waals surface area contributed by atoms with Gasteiger partial charge in [-0.3, -0.25) is 19.2 Å². The van der Waals surface area contributed by atoms with Crippen molar-refractivity contribution in [3.05, 3.63) is 208 Å². The van der Waals surface area contributed by atoms with Gasteiger partial charge in [-0.15, -0.1) is 0 Å². The van der Waals surface area contributed by atoms with E-state index in [0.717, 1.165) is 150 Å². The lowest BCUT2D eigenvalue weighted by molar-refractivity contribution is -0.144. The Morgan fingerprint density at radius 1 is 0.429 bits per heavy atom. The Morgan fingerprint density at radius 2 is 0.755 bits per heavy atom. The normalized spacial score (nSPS) is 25.2. The maximum Gasteiger partial charge on any atom is 0.410 e. The summed E-state index contributed by atoms with van der Waals surface area (Å²) in [6.07, 6.45) is 41.1. The van der Waals surface area contributed by atoms with Gasteiger partial charge < -0.3 is 55.2 Å². The molecule has 31 nitrogen and oxygen atoms in total. The standard InChI is InChI=1S/C22H23ClFN5O.C22H23F2N5O2.2C21H21F2N5O.C20H18ClFN4O2/c1-29(2)22(30)16-5-11-3-12(14(16)4-11)6-19-18(24)10-27-21(28-19)17-9-26-20-15(17)7-13(23)8-25-20;1-12-22(31-21(30)29(12)2)5-3-4-13(8-22)6-18-17(24)11-27-20(28-18)16-10-26-19-15(16)7-14(23)9-25-19;2*22-13-5-14-15(9-25-19(14)24-8-13)20-26-10-16(23)17(28-20)4-12-2-1-3-21(6-12)7-18(29)27-11-21;21-11-5-13-15(7-24-18(13)23-6-11)19-25-8-16(22)17(26-19)4-10-1-9-2-12(10)14(3-9)20(27)28/h7-12,14,16H,3-6H2,1-2H3,(H,25,26);7,9-13H,3-6,8H2,1-2H3,(H,25,26);2*5,8-10,12H,1-4,6-7,11H2,(H,24,25)(H,27,29);5-10,12,14H,1-4H2,(H,23,24)(H,27,28)/t;12?,13-,22+;12-,21+;12-,21-;/m.111./s1. The fourth-order valence-electron chi connectivity index (χ4n) is 25.4. The van der Waals surface area contributed by atoms with Crippen LogP contribution in [0.4, 0.5) is 39.9 Å². The first-order chi connectivity index (χ1) is 70.8. The summed E-state index contributed by atoms with van der Waals surface area (Å²) in [5.41, 5.74) is 7.44. The highest BCUT2D eigenvalue weighted by molar-refractivity contribution is 6.31. The molecule has 10 aliphatic rings. The second-order valence-corrected chi connectivity index (χ2v) is 42.9. The maximum absolute atomic E-state index is 14.6. The number of hydrogen-bond donors (Lipinski definition) is 8. The van der Waals surface area contributed by atoms with Crippen LogP contribution in [-0.2, 0) is 56.0 Å². The molecule has 4 amide bonds. The van der Waals surface area contributed by atoms with Crippen LogP contribution in [0.15, 0.2) is 123 Å². The van der Waals surface area contributed by atoms with Crippen LogP contribution in [0.25, 0.3) is 112 Å². The van der Waals surface area contributed by atoms with Crippen LogP contribution in [0.2, 0.25) is 10.0 Å². The average molecular weight is 2050 g/mol. The largest absolute Gasteiger partial charge is 0.481 e. The minimum atomic E-state index is -0.732. The van der Waals surface area contributed by atoms with Gasteiger partial charge in [0.1, 0.15) is 51.3 Å². The molecule has 18 heterocycles. The smallest absolute Gasteiger partial charge is 0.410 e. The number of halogens is 10. The van der Waals surface area contributed by atoms with Gasteiger partial charge in [-0.2, -0.15) is 0 Å². The molecule has 7 saturated carbocycles. The van der Waals surface area contributed by atoms with Crippen molar-refractivity contribution < 1.29 is 68.9 Å². The molecule has 15 atom stereocenters. The van der Waals surface area contributed by atoms with Gasteiger partial charge in [0.25, 0.3) is 0 Å². The summed E-state index contributed by atoms with van der Waals surface area (Å²) < 4.78 is 119. The molecule has 147 heavy (non-hydrogen) atoms. The van der Waals surface area contributed by atoms with Crippen LogP contribution in [0, 0.1) is 122 Å². The molecule has 8 N–H and O–H groups in total. The van der Waals surface area contributed by atoms with Gasteiger partial charge in [0.15, 0.2) is 58.2 Å². The molecule has 9 unspecified atom stereocenters. The number of aromatic amines is 5. The van der Waals surface area contributed by atoms with E-state index in [-0.39, 0.29) is 88.0 Å². The molecule has 15 aromatic heterocycles. The zero-order valence-electron chi connectivity index (χ0n) is 80.8. The van der Waals surface area contributed by atoms with Gasteiger partial charge in [0, 0.05) is 151 Å². The summed E-state index contributed by atoms with van der Waals surface area (Å²) >= 11 is 12.1. The SMILES string of the molecule is CC1N(C)C(=O)O[C@]12CCC[C@H](Cc1nc(-c3c[nH]c4ncc(F)cc34)ncc1F)C2.CN(C)C(=O)C1CC2CC(Cc3nc(-c4c[nH]c5ncc(Cl)cc45)ncc3F)C1C2.O=C(O)C1CC2CC(Cc3nc(-c4c[nH]c5ncc(Cl)cc45)ncc3F)C1C2.O=C1C[C@@]2(CCC[C@H](Cc3nc(-c4c[nH]c5ncc(F)cc45)ncc3F)C2)CN1.O=C1C[C@]2(CCC[C@H](Cc3nc(-c4c[nH]c5ncc(F)cc45)ncc3F)C2)CN1. The van der Waals surface area contributed by atoms with Gasteiger partial charge in [-0.1, -0.05) is 48.9 Å². The Hall–Kier alpha value is -14.0. The molecular weight excluding hydrogens is 1940 g/mol. The number of likely N-dealkylation sites (N-methyl/N-ethyl adjacent to an activating group) is 1. The molecular formula is C106H106Cl2F8N24O7. The molecule has 10 fully saturated rings. The summed E-state index contributed by atoms with van der Waals surface area (Å²) in [7, 11) is 5.37. The fourth-order valence-corrected chi connectivity index (χ4v) is 25.7. The Labute approximate surface area is 847 Å². The highest BCUT2D eigenvalue weighted by Gasteiger charge is 2.54. The fraction of sp³-hybridized carbons (Fsp3) is 0.434. The van der Waals surface area contributed by atoms with Crippen LogP contribution >= 0.6 is 23.2 Å². The number of carbonyl (C=O) groups is 5. The Kier molecular flexibility index (Phi) is 27.4. The second-order valence-electron chi connectivity index (χ2n) is 42.0. The third kappa shape index (κ3) is 20.5. The minimum absolute atomic E-state index is 0.00632. The maximum atomic E-state index is 14.6. The number of nitrogens with zero attached hydrogens (tertiary/aromatic N) is 17. The minimum Gasteiger partial charge on any atom is -0.481 e. The lowest BCUT2D eigenvalue weighted by Crippen LogP contribution is -2.46. The van der Waals surface area contributed by atoms with Crippen molar-refractivity contribution in [3.8, 4) is 56.9 Å². The number of nitrogens with one attached hydrogen (secondary N) is 7. The first kappa shape index (κ1) is 99.0. The van der Waals surface area contributed by atoms with E-state index in [1.54, 1.807) is 72.4 Å². The van der Waals surface area contributed by atoms with Crippen molar-refractivity contribution in [2.24, 2.45) is 75.9 Å². The van der Waals surface area contributed by atoms with E-state index in [1.165, 1.54) is 43.0 Å². The number of carbonyl (C=O) groups excluding carboxylic acids is 4. The third-order valence-electron chi connectivity index (χ3n) is 32.4. The third-order valence-corrected chi connectivity index (χ3v) is 32.8. The van der Waals surface area contributed by atoms with E-state index in [1.807, 2.05) is 21.0 Å².